The maximum atomic E-state index is 9.67. The monoisotopic (exact) mass is 182 g/mol. The largest absolute Gasteiger partial charge is 0.297 e. The third-order valence-electron chi connectivity index (χ3n) is 0.385. The first-order chi connectivity index (χ1) is 3.31. The second kappa shape index (κ2) is 4.34. The molecule has 0 radical (unpaired) electrons. The number of allylic oxidation sites excluding steroid dienone is 2. The summed E-state index contributed by atoms with van der Waals surface area (Å²) >= 11 is 8.30. The van der Waals surface area contributed by atoms with E-state index in [4.69, 9.17) is 11.6 Å². The summed E-state index contributed by atoms with van der Waals surface area (Å²) < 4.78 is 0. The average molecular weight is 183 g/mol. The Morgan fingerprint density at radius 2 is 2.43 bits per heavy atom. The highest BCUT2D eigenvalue weighted by atomic mass is 79.9. The maximum absolute atomic E-state index is 9.67. The molecule has 0 aliphatic heterocycles. The number of carbonyl (C=O) groups is 1. The van der Waals surface area contributed by atoms with Crippen molar-refractivity contribution in [1.29, 1.82) is 0 Å². The maximum Gasteiger partial charge on any atom is 0.161 e. The van der Waals surface area contributed by atoms with Crippen LogP contribution >= 0.6 is 27.5 Å². The number of carbonyl (C=O) groups excluding carboxylic acids is 1. The van der Waals surface area contributed by atoms with Crippen molar-refractivity contribution in [2.24, 2.45) is 0 Å². The van der Waals surface area contributed by atoms with Crippen LogP contribution in [0.1, 0.15) is 0 Å². The summed E-state index contributed by atoms with van der Waals surface area (Å²) in [6.07, 6.45) is 2.18. The molecule has 0 N–H and O–H groups in total. The van der Waals surface area contributed by atoms with Gasteiger partial charge in [0.05, 0.1) is 5.03 Å². The van der Waals surface area contributed by atoms with Crippen LogP contribution in [0, 0.1) is 0 Å². The summed E-state index contributed by atoms with van der Waals surface area (Å²) in [7, 11) is 0. The van der Waals surface area contributed by atoms with Gasteiger partial charge in [0.2, 0.25) is 0 Å². The molecule has 0 amide bonds. The molecule has 0 rings (SSSR count). The Morgan fingerprint density at radius 3 is 2.57 bits per heavy atom. The van der Waals surface area contributed by atoms with Gasteiger partial charge in [-0.25, -0.2) is 0 Å². The summed E-state index contributed by atoms with van der Waals surface area (Å²) in [4.78, 5) is 9.67. The summed E-state index contributed by atoms with van der Waals surface area (Å²) in [6, 6.07) is 0. The molecule has 0 atom stereocenters. The fourth-order valence-corrected chi connectivity index (χ4v) is 0.734. The molecule has 0 saturated heterocycles. The van der Waals surface area contributed by atoms with Gasteiger partial charge in [0, 0.05) is 5.33 Å². The van der Waals surface area contributed by atoms with Gasteiger partial charge in [-0.2, -0.15) is 0 Å². The van der Waals surface area contributed by atoms with Gasteiger partial charge in [-0.3, -0.25) is 4.79 Å². The molecule has 0 bridgehead atoms. The molecule has 40 valence electrons. The van der Waals surface area contributed by atoms with Gasteiger partial charge in [-0.05, 0) is 0 Å². The van der Waals surface area contributed by atoms with Crippen molar-refractivity contribution in [2.45, 2.75) is 0 Å². The van der Waals surface area contributed by atoms with E-state index in [1.165, 1.54) is 0 Å². The van der Waals surface area contributed by atoms with E-state index in [-0.39, 0.29) is 5.03 Å². The third-order valence-corrected chi connectivity index (χ3v) is 0.952. The first-order valence-electron chi connectivity index (χ1n) is 1.68. The highest BCUT2D eigenvalue weighted by Crippen LogP contribution is 1.95. The fourth-order valence-electron chi connectivity index (χ4n) is 0.122. The normalized spacial score (nSPS) is 11.4. The summed E-state index contributed by atoms with van der Waals surface area (Å²) in [5.41, 5.74) is 0. The number of alkyl halides is 1. The number of rotatable bonds is 2. The van der Waals surface area contributed by atoms with E-state index in [0.717, 1.165) is 0 Å². The van der Waals surface area contributed by atoms with E-state index in [9.17, 15) is 4.79 Å². The molecule has 0 saturated carbocycles. The second-order valence-corrected chi connectivity index (χ2v) is 1.95. The van der Waals surface area contributed by atoms with Crippen LogP contribution < -0.4 is 0 Å². The number of aldehydes is 1. The molecule has 0 aliphatic carbocycles. The van der Waals surface area contributed by atoms with Gasteiger partial charge in [0.25, 0.3) is 0 Å². The average Bonchev–Trinajstić information content (AvgIpc) is 1.68. The Labute approximate surface area is 55.5 Å². The van der Waals surface area contributed by atoms with Gasteiger partial charge >= 0.3 is 0 Å². The molecule has 0 aromatic carbocycles. The highest BCUT2D eigenvalue weighted by molar-refractivity contribution is 9.09. The number of halogens is 2. The first kappa shape index (κ1) is 7.18. The van der Waals surface area contributed by atoms with E-state index in [1.807, 2.05) is 0 Å². The Hall–Kier alpha value is 0.180. The minimum Gasteiger partial charge on any atom is -0.297 e. The quantitative estimate of drug-likeness (QED) is 0.362. The lowest BCUT2D eigenvalue weighted by Crippen LogP contribution is -1.70. The third kappa shape index (κ3) is 4.02. The van der Waals surface area contributed by atoms with Crippen LogP contribution in [-0.2, 0) is 4.79 Å². The van der Waals surface area contributed by atoms with Gasteiger partial charge in [-0.1, -0.05) is 33.6 Å². The van der Waals surface area contributed by atoms with Crippen LogP contribution in [0.3, 0.4) is 0 Å². The minimum atomic E-state index is 0.247. The van der Waals surface area contributed by atoms with Crippen LogP contribution in [0.15, 0.2) is 11.1 Å². The van der Waals surface area contributed by atoms with E-state index in [1.54, 1.807) is 6.08 Å². The second-order valence-electron chi connectivity index (χ2n) is 0.861. The molecule has 1 nitrogen and oxygen atoms in total. The molecule has 3 heteroatoms. The van der Waals surface area contributed by atoms with E-state index >= 15 is 0 Å². The molecule has 0 fully saturated rings. The summed E-state index contributed by atoms with van der Waals surface area (Å²) in [5.74, 6) is 0. The van der Waals surface area contributed by atoms with Crippen molar-refractivity contribution in [1.82, 2.24) is 0 Å². The number of hydrogen-bond donors (Lipinski definition) is 0. The lowest BCUT2D eigenvalue weighted by Gasteiger charge is -1.75. The predicted octanol–water partition coefficient (Wildman–Crippen LogP) is 1.70. The topological polar surface area (TPSA) is 17.1 Å². The Kier molecular flexibility index (Phi) is 4.45. The van der Waals surface area contributed by atoms with Gasteiger partial charge in [-0.15, -0.1) is 0 Å². The van der Waals surface area contributed by atoms with Crippen molar-refractivity contribution in [3.05, 3.63) is 11.1 Å². The Morgan fingerprint density at radius 1 is 1.86 bits per heavy atom. The molecule has 0 aromatic heterocycles. The Bertz CT molecular complexity index is 89.7. The lowest BCUT2D eigenvalue weighted by molar-refractivity contribution is -0.104. The van der Waals surface area contributed by atoms with Gasteiger partial charge in [0.1, 0.15) is 0 Å². The summed E-state index contributed by atoms with van der Waals surface area (Å²) in [5, 5.41) is 0.877. The molecular weight excluding hydrogens is 179 g/mol. The van der Waals surface area contributed by atoms with E-state index in [2.05, 4.69) is 15.9 Å². The van der Waals surface area contributed by atoms with E-state index < -0.39 is 0 Å². The van der Waals surface area contributed by atoms with Crippen LogP contribution in [0.2, 0.25) is 0 Å². The van der Waals surface area contributed by atoms with Crippen molar-refractivity contribution in [3.63, 3.8) is 0 Å². The molecular formula is C4H4BrClO. The SMILES string of the molecule is O=C/C(Cl)=C/CBr. The van der Waals surface area contributed by atoms with Crippen molar-refractivity contribution in [3.8, 4) is 0 Å². The number of hydrogen-bond acceptors (Lipinski definition) is 1. The van der Waals surface area contributed by atoms with Crippen LogP contribution in [-0.4, -0.2) is 11.6 Å². The van der Waals surface area contributed by atoms with Crippen molar-refractivity contribution >= 4 is 33.8 Å². The highest BCUT2D eigenvalue weighted by Gasteiger charge is 1.80. The molecule has 0 spiro atoms. The van der Waals surface area contributed by atoms with Crippen molar-refractivity contribution < 1.29 is 4.79 Å². The van der Waals surface area contributed by atoms with Crippen LogP contribution in [0.4, 0.5) is 0 Å². The van der Waals surface area contributed by atoms with Gasteiger partial charge in [0.15, 0.2) is 6.29 Å². The summed E-state index contributed by atoms with van der Waals surface area (Å²) in [6.45, 7) is 0. The zero-order chi connectivity index (χ0) is 5.70. The zero-order valence-electron chi connectivity index (χ0n) is 3.53. The minimum absolute atomic E-state index is 0.247. The van der Waals surface area contributed by atoms with Crippen LogP contribution in [0.5, 0.6) is 0 Å². The Balaban J connectivity index is 3.49. The van der Waals surface area contributed by atoms with Gasteiger partial charge < -0.3 is 0 Å². The first-order valence-corrected chi connectivity index (χ1v) is 3.18. The molecule has 0 aliphatic rings. The molecule has 7 heavy (non-hydrogen) atoms. The molecule has 0 aromatic rings. The lowest BCUT2D eigenvalue weighted by atomic mass is 10.6. The van der Waals surface area contributed by atoms with Crippen molar-refractivity contribution in [2.75, 3.05) is 5.33 Å². The molecule has 0 heterocycles. The molecule has 0 unspecified atom stereocenters. The fraction of sp³-hybridized carbons (Fsp3) is 0.250. The standard InChI is InChI=1S/C4H4BrClO/c5-2-1-4(6)3-7/h1,3H,2H2/b4-1-. The van der Waals surface area contributed by atoms with Crippen LogP contribution in [0.25, 0.3) is 0 Å². The predicted molar refractivity (Wildman–Crippen MR) is 33.8 cm³/mol. The smallest absolute Gasteiger partial charge is 0.161 e. The zero-order valence-corrected chi connectivity index (χ0v) is 5.87. The van der Waals surface area contributed by atoms with E-state index in [0.29, 0.717) is 11.6 Å².